The molecule has 0 aliphatic heterocycles. The molecule has 0 bridgehead atoms. The fourth-order valence-electron chi connectivity index (χ4n) is 1.43. The van der Waals surface area contributed by atoms with Gasteiger partial charge in [0.1, 0.15) is 5.15 Å². The number of nitrogens with zero attached hydrogens (tertiary/aromatic N) is 2. The van der Waals surface area contributed by atoms with E-state index in [1.807, 2.05) is 12.1 Å². The minimum Gasteiger partial charge on any atom is -0.388 e. The average Bonchev–Trinajstić information content (AvgIpc) is 2.33. The summed E-state index contributed by atoms with van der Waals surface area (Å²) in [6, 6.07) is 7.19. The van der Waals surface area contributed by atoms with Crippen LogP contribution in [0.15, 0.2) is 41.1 Å². The Bertz CT molecular complexity index is 487. The summed E-state index contributed by atoms with van der Waals surface area (Å²) in [5, 5.41) is 10.4. The number of aliphatic hydroxyl groups excluding tert-OH is 1. The molecule has 2 aromatic rings. The Hall–Kier alpha value is -0.970. The van der Waals surface area contributed by atoms with Gasteiger partial charge in [-0.25, -0.2) is 4.98 Å². The van der Waals surface area contributed by atoms with Crippen molar-refractivity contribution in [1.29, 1.82) is 0 Å². The first-order chi connectivity index (χ1) is 8.15. The third-order valence-corrected chi connectivity index (χ3v) is 3.02. The van der Waals surface area contributed by atoms with Gasteiger partial charge in [0.15, 0.2) is 0 Å². The van der Waals surface area contributed by atoms with Gasteiger partial charge in [0.25, 0.3) is 0 Å². The molecule has 88 valence electrons. The molecule has 0 amide bonds. The Morgan fingerprint density at radius 3 is 2.59 bits per heavy atom. The molecule has 3 nitrogen and oxygen atoms in total. The highest BCUT2D eigenvalue weighted by atomic mass is 79.9. The molecule has 2 heterocycles. The third-order valence-electron chi connectivity index (χ3n) is 2.33. The van der Waals surface area contributed by atoms with Crippen LogP contribution in [0.2, 0.25) is 5.15 Å². The standard InChI is InChI=1S/C12H10BrClN2O/c13-9-2-3-10(15-7-9)5-11(17)8-1-4-12(14)16-6-8/h1-4,6-7,11,17H,5H2. The second kappa shape index (κ2) is 5.58. The predicted octanol–water partition coefficient (Wildman–Crippen LogP) is 3.17. The van der Waals surface area contributed by atoms with Crippen LogP contribution in [-0.4, -0.2) is 15.1 Å². The molecular formula is C12H10BrClN2O. The van der Waals surface area contributed by atoms with Gasteiger partial charge in [-0.3, -0.25) is 4.98 Å². The number of halogens is 2. The van der Waals surface area contributed by atoms with Crippen molar-refractivity contribution in [3.63, 3.8) is 0 Å². The van der Waals surface area contributed by atoms with E-state index in [0.29, 0.717) is 11.6 Å². The van der Waals surface area contributed by atoms with Crippen molar-refractivity contribution in [3.05, 3.63) is 57.5 Å². The molecule has 0 aliphatic carbocycles. The van der Waals surface area contributed by atoms with Crippen LogP contribution in [0.3, 0.4) is 0 Å². The first-order valence-corrected chi connectivity index (χ1v) is 6.22. The van der Waals surface area contributed by atoms with Crippen LogP contribution < -0.4 is 0 Å². The smallest absolute Gasteiger partial charge is 0.129 e. The fourth-order valence-corrected chi connectivity index (χ4v) is 1.77. The highest BCUT2D eigenvalue weighted by molar-refractivity contribution is 9.10. The van der Waals surface area contributed by atoms with E-state index < -0.39 is 6.10 Å². The second-order valence-corrected chi connectivity index (χ2v) is 4.90. The summed E-state index contributed by atoms with van der Waals surface area (Å²) in [5.74, 6) is 0. The number of aromatic nitrogens is 2. The lowest BCUT2D eigenvalue weighted by atomic mass is 10.1. The number of hydrogen-bond acceptors (Lipinski definition) is 3. The molecule has 2 aromatic heterocycles. The van der Waals surface area contributed by atoms with Crippen LogP contribution in [0.5, 0.6) is 0 Å². The third kappa shape index (κ3) is 3.49. The van der Waals surface area contributed by atoms with Gasteiger partial charge < -0.3 is 5.11 Å². The minimum atomic E-state index is -0.617. The van der Waals surface area contributed by atoms with Gasteiger partial charge in [0.05, 0.1) is 6.10 Å². The lowest BCUT2D eigenvalue weighted by Crippen LogP contribution is -2.03. The molecule has 0 fully saturated rings. The Kier molecular flexibility index (Phi) is 4.10. The topological polar surface area (TPSA) is 46.0 Å². The maximum atomic E-state index is 10.00. The summed E-state index contributed by atoms with van der Waals surface area (Å²) in [6.45, 7) is 0. The van der Waals surface area contributed by atoms with Crippen molar-refractivity contribution >= 4 is 27.5 Å². The number of hydrogen-bond donors (Lipinski definition) is 1. The highest BCUT2D eigenvalue weighted by Gasteiger charge is 2.09. The predicted molar refractivity (Wildman–Crippen MR) is 69.8 cm³/mol. The van der Waals surface area contributed by atoms with Crippen LogP contribution >= 0.6 is 27.5 Å². The molecule has 0 radical (unpaired) electrons. The Morgan fingerprint density at radius 2 is 2.00 bits per heavy atom. The molecule has 1 N–H and O–H groups in total. The first-order valence-electron chi connectivity index (χ1n) is 5.05. The van der Waals surface area contributed by atoms with Crippen LogP contribution in [0, 0.1) is 0 Å². The van der Waals surface area contributed by atoms with Gasteiger partial charge in [0.2, 0.25) is 0 Å². The van der Waals surface area contributed by atoms with E-state index in [4.69, 9.17) is 11.6 Å². The van der Waals surface area contributed by atoms with Crippen LogP contribution in [0.1, 0.15) is 17.4 Å². The van der Waals surface area contributed by atoms with E-state index >= 15 is 0 Å². The van der Waals surface area contributed by atoms with Gasteiger partial charge in [-0.1, -0.05) is 17.7 Å². The quantitative estimate of drug-likeness (QED) is 0.885. The van der Waals surface area contributed by atoms with Crippen molar-refractivity contribution in [2.75, 3.05) is 0 Å². The molecular weight excluding hydrogens is 304 g/mol. The molecule has 1 unspecified atom stereocenters. The normalized spacial score (nSPS) is 12.4. The molecule has 0 spiro atoms. The molecule has 2 rings (SSSR count). The van der Waals surface area contributed by atoms with Gasteiger partial charge in [-0.05, 0) is 39.7 Å². The lowest BCUT2D eigenvalue weighted by molar-refractivity contribution is 0.177. The maximum absolute atomic E-state index is 10.00. The highest BCUT2D eigenvalue weighted by Crippen LogP contribution is 2.18. The minimum absolute atomic E-state index is 0.419. The van der Waals surface area contributed by atoms with Crippen molar-refractivity contribution < 1.29 is 5.11 Å². The Balaban J connectivity index is 2.08. The van der Waals surface area contributed by atoms with Crippen molar-refractivity contribution in [2.24, 2.45) is 0 Å². The van der Waals surface area contributed by atoms with E-state index in [1.54, 1.807) is 24.5 Å². The molecule has 17 heavy (non-hydrogen) atoms. The monoisotopic (exact) mass is 312 g/mol. The van der Waals surface area contributed by atoms with Crippen LogP contribution in [0.4, 0.5) is 0 Å². The zero-order valence-electron chi connectivity index (χ0n) is 8.85. The first kappa shape index (κ1) is 12.5. The maximum Gasteiger partial charge on any atom is 0.129 e. The zero-order chi connectivity index (χ0) is 12.3. The lowest BCUT2D eigenvalue weighted by Gasteiger charge is -2.10. The molecule has 0 aromatic carbocycles. The molecule has 0 aliphatic rings. The number of rotatable bonds is 3. The van der Waals surface area contributed by atoms with E-state index in [1.165, 1.54) is 0 Å². The zero-order valence-corrected chi connectivity index (χ0v) is 11.2. The van der Waals surface area contributed by atoms with Crippen molar-refractivity contribution in [3.8, 4) is 0 Å². The summed E-state index contributed by atoms with van der Waals surface area (Å²) >= 11 is 9.00. The molecule has 1 atom stereocenters. The van der Waals surface area contributed by atoms with Crippen LogP contribution in [0.25, 0.3) is 0 Å². The van der Waals surface area contributed by atoms with Gasteiger partial charge in [-0.15, -0.1) is 0 Å². The van der Waals surface area contributed by atoms with E-state index in [2.05, 4.69) is 25.9 Å². The molecule has 0 saturated heterocycles. The van der Waals surface area contributed by atoms with Gasteiger partial charge in [-0.2, -0.15) is 0 Å². The van der Waals surface area contributed by atoms with Crippen molar-refractivity contribution in [1.82, 2.24) is 9.97 Å². The van der Waals surface area contributed by atoms with E-state index in [-0.39, 0.29) is 0 Å². The number of pyridine rings is 2. The second-order valence-electron chi connectivity index (χ2n) is 3.60. The fraction of sp³-hybridized carbons (Fsp3) is 0.167. The molecule has 0 saturated carbocycles. The Labute approximate surface area is 113 Å². The van der Waals surface area contributed by atoms with E-state index in [0.717, 1.165) is 15.7 Å². The molecule has 5 heteroatoms. The summed E-state index contributed by atoms with van der Waals surface area (Å²) in [4.78, 5) is 8.14. The van der Waals surface area contributed by atoms with Gasteiger partial charge >= 0.3 is 0 Å². The summed E-state index contributed by atoms with van der Waals surface area (Å²) in [5.41, 5.74) is 1.56. The van der Waals surface area contributed by atoms with Crippen LogP contribution in [-0.2, 0) is 6.42 Å². The SMILES string of the molecule is OC(Cc1ccc(Br)cn1)c1ccc(Cl)nc1. The summed E-state index contributed by atoms with van der Waals surface area (Å²) < 4.78 is 0.920. The van der Waals surface area contributed by atoms with Gasteiger partial charge in [0, 0.05) is 29.0 Å². The summed E-state index contributed by atoms with van der Waals surface area (Å²) in [6.07, 6.45) is 3.12. The summed E-state index contributed by atoms with van der Waals surface area (Å²) in [7, 11) is 0. The average molecular weight is 314 g/mol. The number of aliphatic hydroxyl groups is 1. The van der Waals surface area contributed by atoms with Crippen molar-refractivity contribution in [2.45, 2.75) is 12.5 Å². The Morgan fingerprint density at radius 1 is 1.18 bits per heavy atom. The largest absolute Gasteiger partial charge is 0.388 e. The van der Waals surface area contributed by atoms with E-state index in [9.17, 15) is 5.11 Å².